The van der Waals surface area contributed by atoms with E-state index in [0.29, 0.717) is 5.82 Å². The SMILES string of the molecule is C=N/C=C\C(=C/C)n1c2ccccc2c2cc(-c3ccc4c(c3)c3cc(-c5ccccc5)ccc3n4-c3cc(-c4ccccc4)nc(-c4ccccc4)n3)ccc21. The summed E-state index contributed by atoms with van der Waals surface area (Å²) < 4.78 is 4.60. The summed E-state index contributed by atoms with van der Waals surface area (Å²) in [4.78, 5) is 14.3. The molecule has 3 aromatic heterocycles. The molecule has 0 atom stereocenters. The highest BCUT2D eigenvalue weighted by Crippen LogP contribution is 2.40. The van der Waals surface area contributed by atoms with Crippen molar-refractivity contribution in [2.75, 3.05) is 0 Å². The molecule has 5 heteroatoms. The summed E-state index contributed by atoms with van der Waals surface area (Å²) >= 11 is 0. The minimum Gasteiger partial charge on any atom is -0.310 e. The van der Waals surface area contributed by atoms with Gasteiger partial charge >= 0.3 is 0 Å². The average molecular weight is 732 g/mol. The lowest BCUT2D eigenvalue weighted by atomic mass is 9.99. The largest absolute Gasteiger partial charge is 0.310 e. The van der Waals surface area contributed by atoms with Crippen molar-refractivity contribution in [1.82, 2.24) is 19.1 Å². The molecule has 10 rings (SSSR count). The minimum absolute atomic E-state index is 0.685. The Bertz CT molecular complexity index is 3130. The molecule has 0 radical (unpaired) electrons. The summed E-state index contributed by atoms with van der Waals surface area (Å²) in [6, 6.07) is 62.3. The number of aromatic nitrogens is 4. The molecule has 0 spiro atoms. The molecule has 0 fully saturated rings. The van der Waals surface area contributed by atoms with Crippen LogP contribution < -0.4 is 0 Å². The van der Waals surface area contributed by atoms with E-state index in [-0.39, 0.29) is 0 Å². The van der Waals surface area contributed by atoms with Crippen LogP contribution in [0.2, 0.25) is 0 Å². The molecule has 270 valence electrons. The second-order valence-corrected chi connectivity index (χ2v) is 14.1. The van der Waals surface area contributed by atoms with Crippen LogP contribution >= 0.6 is 0 Å². The van der Waals surface area contributed by atoms with Crippen LogP contribution in [0.1, 0.15) is 6.92 Å². The predicted octanol–water partition coefficient (Wildman–Crippen LogP) is 13.4. The van der Waals surface area contributed by atoms with Crippen molar-refractivity contribution in [2.45, 2.75) is 6.92 Å². The van der Waals surface area contributed by atoms with E-state index in [1.54, 1.807) is 6.20 Å². The van der Waals surface area contributed by atoms with Crippen LogP contribution in [0.15, 0.2) is 199 Å². The van der Waals surface area contributed by atoms with E-state index in [4.69, 9.17) is 9.97 Å². The van der Waals surface area contributed by atoms with Gasteiger partial charge in [-0.3, -0.25) is 9.56 Å². The summed E-state index contributed by atoms with van der Waals surface area (Å²) in [6.07, 6.45) is 5.85. The van der Waals surface area contributed by atoms with E-state index >= 15 is 0 Å². The first-order valence-corrected chi connectivity index (χ1v) is 19.1. The predicted molar refractivity (Wildman–Crippen MR) is 240 cm³/mol. The van der Waals surface area contributed by atoms with E-state index in [0.717, 1.165) is 72.3 Å². The molecular formula is C52H37N5. The quantitative estimate of drug-likeness (QED) is 0.115. The molecule has 0 amide bonds. The van der Waals surface area contributed by atoms with Gasteiger partial charge in [0.2, 0.25) is 0 Å². The number of nitrogens with zero attached hydrogens (tertiary/aromatic N) is 5. The van der Waals surface area contributed by atoms with Crippen molar-refractivity contribution in [3.05, 3.63) is 194 Å². The van der Waals surface area contributed by atoms with E-state index in [1.807, 2.05) is 30.3 Å². The molecule has 0 aliphatic carbocycles. The number of hydrogen-bond acceptors (Lipinski definition) is 3. The molecule has 3 heterocycles. The van der Waals surface area contributed by atoms with Crippen LogP contribution in [0.4, 0.5) is 0 Å². The van der Waals surface area contributed by atoms with Crippen LogP contribution in [0.25, 0.3) is 100 Å². The van der Waals surface area contributed by atoms with Gasteiger partial charge in [-0.05, 0) is 84.4 Å². The lowest BCUT2D eigenvalue weighted by Gasteiger charge is -2.12. The lowest BCUT2D eigenvalue weighted by Crippen LogP contribution is -2.02. The Morgan fingerprint density at radius 1 is 0.491 bits per heavy atom. The fraction of sp³-hybridized carbons (Fsp3) is 0.0192. The third kappa shape index (κ3) is 5.94. The first kappa shape index (κ1) is 33.9. The summed E-state index contributed by atoms with van der Waals surface area (Å²) in [6.45, 7) is 5.70. The van der Waals surface area contributed by atoms with Gasteiger partial charge in [-0.1, -0.05) is 133 Å². The Morgan fingerprint density at radius 3 is 1.61 bits per heavy atom. The van der Waals surface area contributed by atoms with E-state index in [1.165, 1.54) is 21.9 Å². The highest BCUT2D eigenvalue weighted by Gasteiger charge is 2.19. The Balaban J connectivity index is 1.21. The Hall–Kier alpha value is -7.63. The zero-order valence-electron chi connectivity index (χ0n) is 31.4. The first-order chi connectivity index (χ1) is 28.2. The molecule has 0 saturated heterocycles. The smallest absolute Gasteiger partial charge is 0.162 e. The second-order valence-electron chi connectivity index (χ2n) is 14.1. The van der Waals surface area contributed by atoms with E-state index < -0.39 is 0 Å². The van der Waals surface area contributed by atoms with Crippen LogP contribution in [0.3, 0.4) is 0 Å². The molecule has 7 aromatic carbocycles. The monoisotopic (exact) mass is 731 g/mol. The van der Waals surface area contributed by atoms with Gasteiger partial charge in [0, 0.05) is 50.6 Å². The summed E-state index contributed by atoms with van der Waals surface area (Å²) in [5, 5.41) is 4.71. The molecule has 10 aromatic rings. The molecule has 0 N–H and O–H groups in total. The van der Waals surface area contributed by atoms with Gasteiger partial charge < -0.3 is 4.57 Å². The van der Waals surface area contributed by atoms with Crippen LogP contribution in [-0.2, 0) is 0 Å². The topological polar surface area (TPSA) is 48.0 Å². The Morgan fingerprint density at radius 2 is 1.00 bits per heavy atom. The fourth-order valence-corrected chi connectivity index (χ4v) is 8.14. The number of benzene rings is 7. The summed E-state index contributed by atoms with van der Waals surface area (Å²) in [7, 11) is 0. The Labute approximate surface area is 330 Å². The highest BCUT2D eigenvalue weighted by atomic mass is 15.1. The van der Waals surface area contributed by atoms with Gasteiger partial charge in [0.1, 0.15) is 5.82 Å². The molecule has 0 bridgehead atoms. The fourth-order valence-electron chi connectivity index (χ4n) is 8.14. The van der Waals surface area contributed by atoms with Gasteiger partial charge in [-0.15, -0.1) is 0 Å². The zero-order chi connectivity index (χ0) is 38.3. The lowest BCUT2D eigenvalue weighted by molar-refractivity contribution is 1.05. The van der Waals surface area contributed by atoms with E-state index in [2.05, 4.69) is 186 Å². The van der Waals surface area contributed by atoms with Gasteiger partial charge in [-0.25, -0.2) is 9.97 Å². The number of para-hydroxylation sites is 1. The Kier molecular flexibility index (Phi) is 8.46. The van der Waals surface area contributed by atoms with Crippen molar-refractivity contribution in [3.63, 3.8) is 0 Å². The van der Waals surface area contributed by atoms with Crippen LogP contribution in [0, 0.1) is 0 Å². The second kappa shape index (κ2) is 14.2. The van der Waals surface area contributed by atoms with Gasteiger partial charge in [-0.2, -0.15) is 0 Å². The van der Waals surface area contributed by atoms with Gasteiger partial charge in [0.25, 0.3) is 0 Å². The molecule has 0 aliphatic rings. The van der Waals surface area contributed by atoms with Gasteiger partial charge in [0.05, 0.1) is 27.8 Å². The standard InChI is InChI=1S/C52H37N5/c1-3-41(29-30-53-2)56-47-22-14-13-21-42(47)43-32-39(24-26-48(43)56)40-25-28-50-45(33-40)44-31-38(35-15-7-4-8-16-35)23-27-49(44)57(50)51-34-46(36-17-9-5-10-18-36)54-52(55-51)37-19-11-6-12-20-37/h3-34H,2H2,1H3/b30-29-,41-3+. The van der Waals surface area contributed by atoms with E-state index in [9.17, 15) is 0 Å². The maximum absolute atomic E-state index is 5.27. The summed E-state index contributed by atoms with van der Waals surface area (Å²) in [5.41, 5.74) is 13.0. The third-order valence-corrected chi connectivity index (χ3v) is 10.8. The summed E-state index contributed by atoms with van der Waals surface area (Å²) in [5.74, 6) is 1.50. The molecular weight excluding hydrogens is 695 g/mol. The number of aliphatic imine (C=N–C) groups is 1. The van der Waals surface area contributed by atoms with Crippen molar-refractivity contribution in [2.24, 2.45) is 4.99 Å². The first-order valence-electron chi connectivity index (χ1n) is 19.1. The van der Waals surface area contributed by atoms with Crippen molar-refractivity contribution >= 4 is 56.0 Å². The number of allylic oxidation sites excluding steroid dienone is 3. The molecule has 57 heavy (non-hydrogen) atoms. The minimum atomic E-state index is 0.685. The van der Waals surface area contributed by atoms with Crippen molar-refractivity contribution in [1.29, 1.82) is 0 Å². The normalized spacial score (nSPS) is 12.1. The highest BCUT2D eigenvalue weighted by molar-refractivity contribution is 6.13. The van der Waals surface area contributed by atoms with Crippen molar-refractivity contribution in [3.8, 4) is 50.7 Å². The maximum atomic E-state index is 5.27. The number of fused-ring (bicyclic) bond motifs is 6. The zero-order valence-corrected chi connectivity index (χ0v) is 31.4. The molecule has 5 nitrogen and oxygen atoms in total. The molecule has 0 unspecified atom stereocenters. The third-order valence-electron chi connectivity index (χ3n) is 10.8. The number of hydrogen-bond donors (Lipinski definition) is 0. The van der Waals surface area contributed by atoms with Crippen LogP contribution in [0.5, 0.6) is 0 Å². The van der Waals surface area contributed by atoms with Gasteiger partial charge in [0.15, 0.2) is 5.82 Å². The van der Waals surface area contributed by atoms with Crippen molar-refractivity contribution < 1.29 is 0 Å². The molecule has 0 aliphatic heterocycles. The number of rotatable bonds is 8. The average Bonchev–Trinajstić information content (AvgIpc) is 3.79. The molecule has 0 saturated carbocycles. The maximum Gasteiger partial charge on any atom is 0.162 e. The van der Waals surface area contributed by atoms with Crippen LogP contribution in [-0.4, -0.2) is 25.8 Å².